The molecule has 0 saturated heterocycles. The van der Waals surface area contributed by atoms with E-state index in [2.05, 4.69) is 21.5 Å². The lowest BCUT2D eigenvalue weighted by Crippen LogP contribution is -2.18. The van der Waals surface area contributed by atoms with Gasteiger partial charge in [0.15, 0.2) is 0 Å². The van der Waals surface area contributed by atoms with Crippen LogP contribution < -0.4 is 5.32 Å². The molecule has 6 heteroatoms. The molecule has 0 fully saturated rings. The van der Waals surface area contributed by atoms with E-state index in [1.54, 1.807) is 18.1 Å². The molecule has 0 saturated carbocycles. The summed E-state index contributed by atoms with van der Waals surface area (Å²) in [4.78, 5) is 3.88. The summed E-state index contributed by atoms with van der Waals surface area (Å²) in [5.74, 6) is 0. The van der Waals surface area contributed by atoms with Crippen molar-refractivity contribution in [3.8, 4) is 11.8 Å². The van der Waals surface area contributed by atoms with Crippen LogP contribution in [0, 0.1) is 11.3 Å². The molecule has 1 aromatic heterocycles. The van der Waals surface area contributed by atoms with Gasteiger partial charge < -0.3 is 10.1 Å². The number of nitrogens with zero attached hydrogens (tertiary/aromatic N) is 4. The molecule has 2 aromatic rings. The minimum absolute atomic E-state index is 0.580. The third-order valence-corrected chi connectivity index (χ3v) is 2.66. The summed E-state index contributed by atoms with van der Waals surface area (Å²) in [6.45, 7) is 2.15. The number of rotatable bonds is 6. The monoisotopic (exact) mass is 257 g/mol. The molecule has 0 aliphatic heterocycles. The molecule has 0 aliphatic carbocycles. The van der Waals surface area contributed by atoms with Gasteiger partial charge in [0.1, 0.15) is 18.7 Å². The molecule has 0 bridgehead atoms. The highest BCUT2D eigenvalue weighted by molar-refractivity contribution is 5.49. The first-order chi connectivity index (χ1) is 9.35. The second-order valence-electron chi connectivity index (χ2n) is 3.97. The third kappa shape index (κ3) is 3.37. The molecule has 98 valence electrons. The molecule has 0 unspecified atom stereocenters. The molecule has 2 rings (SSSR count). The minimum atomic E-state index is 0.580. The fourth-order valence-corrected chi connectivity index (χ4v) is 1.72. The largest absolute Gasteiger partial charge is 0.383 e. The number of nitrogens with one attached hydrogen (secondary N) is 1. The van der Waals surface area contributed by atoms with Crippen molar-refractivity contribution in [2.45, 2.75) is 6.54 Å². The van der Waals surface area contributed by atoms with Crippen LogP contribution in [0.15, 0.2) is 30.9 Å². The van der Waals surface area contributed by atoms with Crippen LogP contribution in [0.3, 0.4) is 0 Å². The minimum Gasteiger partial charge on any atom is -0.383 e. The smallest absolute Gasteiger partial charge is 0.138 e. The van der Waals surface area contributed by atoms with Crippen molar-refractivity contribution < 1.29 is 4.74 Å². The van der Waals surface area contributed by atoms with E-state index in [0.29, 0.717) is 18.7 Å². The molecule has 6 nitrogen and oxygen atoms in total. The lowest BCUT2D eigenvalue weighted by atomic mass is 10.1. The number of ether oxygens (including phenoxy) is 1. The highest BCUT2D eigenvalue weighted by Gasteiger charge is 2.06. The average molecular weight is 257 g/mol. The SMILES string of the molecule is COCCNCc1ccc(-n2cncn2)c(C#N)c1. The molecule has 1 N–H and O–H groups in total. The van der Waals surface area contributed by atoms with Crippen LogP contribution in [0.2, 0.25) is 0 Å². The van der Waals surface area contributed by atoms with Crippen molar-refractivity contribution >= 4 is 0 Å². The van der Waals surface area contributed by atoms with Crippen molar-refractivity contribution in [3.05, 3.63) is 42.0 Å². The Kier molecular flexibility index (Phi) is 4.61. The summed E-state index contributed by atoms with van der Waals surface area (Å²) in [7, 11) is 1.67. The zero-order valence-electron chi connectivity index (χ0n) is 10.7. The van der Waals surface area contributed by atoms with Gasteiger partial charge in [-0.3, -0.25) is 0 Å². The van der Waals surface area contributed by atoms with Gasteiger partial charge in [0.25, 0.3) is 0 Å². The van der Waals surface area contributed by atoms with Crippen molar-refractivity contribution in [2.75, 3.05) is 20.3 Å². The predicted octanol–water partition coefficient (Wildman–Crippen LogP) is 0.875. The van der Waals surface area contributed by atoms with Gasteiger partial charge in [0.05, 0.1) is 17.9 Å². The maximum absolute atomic E-state index is 9.20. The Labute approximate surface area is 111 Å². The lowest BCUT2D eigenvalue weighted by Gasteiger charge is -2.07. The fraction of sp³-hybridized carbons (Fsp3) is 0.308. The number of hydrogen-bond acceptors (Lipinski definition) is 5. The Bertz CT molecular complexity index is 559. The second kappa shape index (κ2) is 6.64. The van der Waals surface area contributed by atoms with E-state index >= 15 is 0 Å². The first-order valence-electron chi connectivity index (χ1n) is 5.93. The van der Waals surface area contributed by atoms with Gasteiger partial charge in [-0.1, -0.05) is 6.07 Å². The molecule has 1 aromatic carbocycles. The highest BCUT2D eigenvalue weighted by Crippen LogP contribution is 2.14. The molecule has 0 radical (unpaired) electrons. The van der Waals surface area contributed by atoms with Gasteiger partial charge in [-0.15, -0.1) is 0 Å². The van der Waals surface area contributed by atoms with Crippen molar-refractivity contribution in [2.24, 2.45) is 0 Å². The Morgan fingerprint density at radius 1 is 1.47 bits per heavy atom. The number of hydrogen-bond donors (Lipinski definition) is 1. The topological polar surface area (TPSA) is 75.8 Å². The Morgan fingerprint density at radius 2 is 2.37 bits per heavy atom. The fourth-order valence-electron chi connectivity index (χ4n) is 1.72. The van der Waals surface area contributed by atoms with Gasteiger partial charge in [0.2, 0.25) is 0 Å². The van der Waals surface area contributed by atoms with E-state index in [-0.39, 0.29) is 0 Å². The summed E-state index contributed by atoms with van der Waals surface area (Å²) < 4.78 is 6.54. The first-order valence-corrected chi connectivity index (χ1v) is 5.93. The van der Waals surface area contributed by atoms with Crippen LogP contribution >= 0.6 is 0 Å². The van der Waals surface area contributed by atoms with Gasteiger partial charge >= 0.3 is 0 Å². The number of aromatic nitrogens is 3. The van der Waals surface area contributed by atoms with Crippen molar-refractivity contribution in [1.82, 2.24) is 20.1 Å². The second-order valence-corrected chi connectivity index (χ2v) is 3.97. The van der Waals surface area contributed by atoms with Crippen molar-refractivity contribution in [1.29, 1.82) is 5.26 Å². The maximum atomic E-state index is 9.20. The molecule has 0 atom stereocenters. The van der Waals surface area contributed by atoms with E-state index in [9.17, 15) is 5.26 Å². The molecule has 0 spiro atoms. The van der Waals surface area contributed by atoms with Gasteiger partial charge in [0, 0.05) is 20.2 Å². The van der Waals surface area contributed by atoms with Crippen LogP contribution in [-0.4, -0.2) is 35.0 Å². The predicted molar refractivity (Wildman–Crippen MR) is 69.7 cm³/mol. The number of nitriles is 1. The summed E-state index contributed by atoms with van der Waals surface area (Å²) in [6.07, 6.45) is 3.02. The average Bonchev–Trinajstić information content (AvgIpc) is 2.97. The Morgan fingerprint density at radius 3 is 3.05 bits per heavy atom. The number of methoxy groups -OCH3 is 1. The van der Waals surface area contributed by atoms with Gasteiger partial charge in [-0.2, -0.15) is 10.4 Å². The van der Waals surface area contributed by atoms with Crippen LogP contribution in [0.1, 0.15) is 11.1 Å². The first kappa shape index (κ1) is 13.2. The van der Waals surface area contributed by atoms with E-state index in [1.807, 2.05) is 18.2 Å². The number of benzene rings is 1. The third-order valence-electron chi connectivity index (χ3n) is 2.66. The Hall–Kier alpha value is -2.23. The lowest BCUT2D eigenvalue weighted by molar-refractivity contribution is 0.199. The van der Waals surface area contributed by atoms with Crippen LogP contribution in [0.4, 0.5) is 0 Å². The van der Waals surface area contributed by atoms with Crippen LogP contribution in [-0.2, 0) is 11.3 Å². The highest BCUT2D eigenvalue weighted by atomic mass is 16.5. The quantitative estimate of drug-likeness (QED) is 0.777. The normalized spacial score (nSPS) is 10.3. The van der Waals surface area contributed by atoms with E-state index in [1.165, 1.54) is 6.33 Å². The van der Waals surface area contributed by atoms with Crippen molar-refractivity contribution in [3.63, 3.8) is 0 Å². The summed E-state index contributed by atoms with van der Waals surface area (Å²) in [5.41, 5.74) is 2.37. The van der Waals surface area contributed by atoms with E-state index in [4.69, 9.17) is 4.74 Å². The van der Waals surface area contributed by atoms with Crippen LogP contribution in [0.5, 0.6) is 0 Å². The van der Waals surface area contributed by atoms with E-state index in [0.717, 1.165) is 17.8 Å². The van der Waals surface area contributed by atoms with Crippen LogP contribution in [0.25, 0.3) is 5.69 Å². The maximum Gasteiger partial charge on any atom is 0.138 e. The molecule has 0 amide bonds. The van der Waals surface area contributed by atoms with Gasteiger partial charge in [-0.05, 0) is 17.7 Å². The van der Waals surface area contributed by atoms with E-state index < -0.39 is 0 Å². The Balaban J connectivity index is 2.11. The standard InChI is InChI=1S/C13H15N5O/c1-19-5-4-15-8-11-2-3-13(12(6-11)7-14)18-10-16-9-17-18/h2-3,6,9-10,15H,4-5,8H2,1H3. The molecule has 19 heavy (non-hydrogen) atoms. The van der Waals surface area contributed by atoms with Gasteiger partial charge in [-0.25, -0.2) is 9.67 Å². The zero-order chi connectivity index (χ0) is 13.5. The zero-order valence-corrected chi connectivity index (χ0v) is 10.7. The molecular weight excluding hydrogens is 242 g/mol. The summed E-state index contributed by atoms with van der Waals surface area (Å²) >= 11 is 0. The molecule has 0 aliphatic rings. The molecule has 1 heterocycles. The summed E-state index contributed by atoms with van der Waals surface area (Å²) in [5, 5.41) is 16.5. The molecular formula is C13H15N5O. The summed E-state index contributed by atoms with van der Waals surface area (Å²) in [6, 6.07) is 7.89.